The van der Waals surface area contributed by atoms with E-state index >= 15 is 0 Å². The highest BCUT2D eigenvalue weighted by Crippen LogP contribution is 2.35. The summed E-state index contributed by atoms with van der Waals surface area (Å²) in [6, 6.07) is 0.271. The number of likely N-dealkylation sites (tertiary alicyclic amines) is 1. The third-order valence-electron chi connectivity index (χ3n) is 5.39. The topological polar surface area (TPSA) is 49.8 Å². The van der Waals surface area contributed by atoms with E-state index in [-0.39, 0.29) is 24.0 Å². The van der Waals surface area contributed by atoms with Crippen molar-refractivity contribution in [3.63, 3.8) is 0 Å². The molecule has 2 saturated heterocycles. The van der Waals surface area contributed by atoms with Gasteiger partial charge in [-0.1, -0.05) is 12.8 Å². The number of piperidine rings is 1. The van der Waals surface area contributed by atoms with Gasteiger partial charge in [-0.15, -0.1) is 0 Å². The Morgan fingerprint density at radius 1 is 1.05 bits per heavy atom. The number of ether oxygens (including phenoxy) is 1. The van der Waals surface area contributed by atoms with Gasteiger partial charge in [0.05, 0.1) is 18.6 Å². The summed E-state index contributed by atoms with van der Waals surface area (Å²) in [6.45, 7) is 2.19. The first kappa shape index (κ1) is 14.3. The lowest BCUT2D eigenvalue weighted by atomic mass is 9.77. The SMILES string of the molecule is O=C(C1CCOC1)N1CCCCC1C1CCCCC1O. The Balaban J connectivity index is 1.71. The molecule has 3 fully saturated rings. The monoisotopic (exact) mass is 281 g/mol. The molecule has 4 heteroatoms. The summed E-state index contributed by atoms with van der Waals surface area (Å²) in [5.41, 5.74) is 0. The molecule has 2 heterocycles. The summed E-state index contributed by atoms with van der Waals surface area (Å²) < 4.78 is 5.37. The molecule has 4 nitrogen and oxygen atoms in total. The van der Waals surface area contributed by atoms with E-state index in [1.165, 1.54) is 12.8 Å². The van der Waals surface area contributed by atoms with Crippen LogP contribution in [-0.2, 0) is 9.53 Å². The number of carbonyl (C=O) groups is 1. The van der Waals surface area contributed by atoms with Gasteiger partial charge in [-0.3, -0.25) is 4.79 Å². The smallest absolute Gasteiger partial charge is 0.228 e. The quantitative estimate of drug-likeness (QED) is 0.841. The highest BCUT2D eigenvalue weighted by molar-refractivity contribution is 5.79. The van der Waals surface area contributed by atoms with Crippen LogP contribution < -0.4 is 0 Å². The molecule has 0 aromatic carbocycles. The highest BCUT2D eigenvalue weighted by Gasteiger charge is 2.39. The molecule has 1 aliphatic carbocycles. The minimum Gasteiger partial charge on any atom is -0.393 e. The van der Waals surface area contributed by atoms with Gasteiger partial charge in [0.1, 0.15) is 0 Å². The van der Waals surface area contributed by atoms with E-state index < -0.39 is 0 Å². The van der Waals surface area contributed by atoms with Crippen molar-refractivity contribution in [2.24, 2.45) is 11.8 Å². The van der Waals surface area contributed by atoms with Gasteiger partial charge in [-0.2, -0.15) is 0 Å². The maximum absolute atomic E-state index is 12.7. The number of aliphatic hydroxyl groups excluding tert-OH is 1. The minimum atomic E-state index is -0.207. The fourth-order valence-corrected chi connectivity index (χ4v) is 4.23. The maximum atomic E-state index is 12.7. The van der Waals surface area contributed by atoms with Gasteiger partial charge in [0.2, 0.25) is 5.91 Å². The standard InChI is InChI=1S/C16H27NO3/c18-15-7-2-1-5-13(15)14-6-3-4-9-17(14)16(19)12-8-10-20-11-12/h12-15,18H,1-11H2. The minimum absolute atomic E-state index is 0.0660. The molecule has 1 N–H and O–H groups in total. The normalized spacial score (nSPS) is 39.0. The number of aliphatic hydroxyl groups is 1. The molecule has 0 bridgehead atoms. The molecule has 1 amide bonds. The van der Waals surface area contributed by atoms with Crippen molar-refractivity contribution in [3.05, 3.63) is 0 Å². The van der Waals surface area contributed by atoms with Gasteiger partial charge in [0.15, 0.2) is 0 Å². The van der Waals surface area contributed by atoms with Gasteiger partial charge >= 0.3 is 0 Å². The average Bonchev–Trinajstić information content (AvgIpc) is 3.01. The number of carbonyl (C=O) groups excluding carboxylic acids is 1. The first-order chi connectivity index (χ1) is 9.77. The third-order valence-corrected chi connectivity index (χ3v) is 5.39. The van der Waals surface area contributed by atoms with E-state index in [1.54, 1.807) is 0 Å². The van der Waals surface area contributed by atoms with Crippen molar-refractivity contribution in [2.75, 3.05) is 19.8 Å². The average molecular weight is 281 g/mol. The maximum Gasteiger partial charge on any atom is 0.228 e. The van der Waals surface area contributed by atoms with Crippen molar-refractivity contribution >= 4 is 5.91 Å². The van der Waals surface area contributed by atoms with E-state index in [0.29, 0.717) is 12.5 Å². The summed E-state index contributed by atoms with van der Waals surface area (Å²) in [7, 11) is 0. The molecule has 0 spiro atoms. The first-order valence-corrected chi connectivity index (χ1v) is 8.33. The molecule has 0 radical (unpaired) electrons. The molecule has 2 aliphatic heterocycles. The van der Waals surface area contributed by atoms with Crippen LogP contribution in [0.25, 0.3) is 0 Å². The van der Waals surface area contributed by atoms with E-state index in [9.17, 15) is 9.90 Å². The molecular weight excluding hydrogens is 254 g/mol. The number of hydrogen-bond acceptors (Lipinski definition) is 3. The van der Waals surface area contributed by atoms with Crippen LogP contribution in [0.3, 0.4) is 0 Å². The van der Waals surface area contributed by atoms with Crippen LogP contribution in [-0.4, -0.2) is 47.8 Å². The molecule has 20 heavy (non-hydrogen) atoms. The molecule has 3 aliphatic rings. The van der Waals surface area contributed by atoms with Gasteiger partial charge in [-0.05, 0) is 38.5 Å². The molecule has 114 valence electrons. The molecule has 1 saturated carbocycles. The Morgan fingerprint density at radius 3 is 2.60 bits per heavy atom. The van der Waals surface area contributed by atoms with E-state index in [4.69, 9.17) is 4.74 Å². The van der Waals surface area contributed by atoms with E-state index in [0.717, 1.165) is 51.7 Å². The summed E-state index contributed by atoms with van der Waals surface area (Å²) in [6.07, 6.45) is 8.36. The van der Waals surface area contributed by atoms with Crippen molar-refractivity contribution in [1.29, 1.82) is 0 Å². The molecule has 4 unspecified atom stereocenters. The van der Waals surface area contributed by atoms with Crippen LogP contribution >= 0.6 is 0 Å². The van der Waals surface area contributed by atoms with Gasteiger partial charge < -0.3 is 14.7 Å². The van der Waals surface area contributed by atoms with Crippen LogP contribution in [0.4, 0.5) is 0 Å². The number of nitrogens with zero attached hydrogens (tertiary/aromatic N) is 1. The van der Waals surface area contributed by atoms with Crippen molar-refractivity contribution in [1.82, 2.24) is 4.90 Å². The fourth-order valence-electron chi connectivity index (χ4n) is 4.23. The van der Waals surface area contributed by atoms with Crippen LogP contribution in [0.2, 0.25) is 0 Å². The summed E-state index contributed by atoms with van der Waals surface area (Å²) in [5, 5.41) is 10.3. The Labute approximate surface area is 121 Å². The molecule has 0 aromatic heterocycles. The molecule has 0 aromatic rings. The summed E-state index contributed by atoms with van der Waals surface area (Å²) in [4.78, 5) is 14.8. The zero-order chi connectivity index (χ0) is 13.9. The van der Waals surface area contributed by atoms with E-state index in [2.05, 4.69) is 4.90 Å². The Morgan fingerprint density at radius 2 is 1.85 bits per heavy atom. The van der Waals surface area contributed by atoms with Crippen molar-refractivity contribution in [2.45, 2.75) is 63.5 Å². The van der Waals surface area contributed by atoms with Crippen LogP contribution in [0.1, 0.15) is 51.4 Å². The Bertz CT molecular complexity index is 341. The fraction of sp³-hybridized carbons (Fsp3) is 0.938. The van der Waals surface area contributed by atoms with Crippen molar-refractivity contribution < 1.29 is 14.6 Å². The molecule has 3 rings (SSSR count). The molecule has 4 atom stereocenters. The van der Waals surface area contributed by atoms with Crippen LogP contribution in [0.5, 0.6) is 0 Å². The summed E-state index contributed by atoms with van der Waals surface area (Å²) in [5.74, 6) is 0.650. The predicted octanol–water partition coefficient (Wildman–Crippen LogP) is 1.96. The second kappa shape index (κ2) is 6.44. The van der Waals surface area contributed by atoms with Gasteiger partial charge in [0.25, 0.3) is 0 Å². The lowest BCUT2D eigenvalue weighted by molar-refractivity contribution is -0.142. The van der Waals surface area contributed by atoms with E-state index in [1.807, 2.05) is 0 Å². The third kappa shape index (κ3) is 2.86. The number of rotatable bonds is 2. The zero-order valence-corrected chi connectivity index (χ0v) is 12.3. The second-order valence-corrected chi connectivity index (χ2v) is 6.67. The van der Waals surface area contributed by atoms with Crippen LogP contribution in [0, 0.1) is 11.8 Å². The lowest BCUT2D eigenvalue weighted by Crippen LogP contribution is -2.52. The molecular formula is C16H27NO3. The Kier molecular flexibility index (Phi) is 4.61. The van der Waals surface area contributed by atoms with Crippen LogP contribution in [0.15, 0.2) is 0 Å². The lowest BCUT2D eigenvalue weighted by Gasteiger charge is -2.44. The van der Waals surface area contributed by atoms with Crippen molar-refractivity contribution in [3.8, 4) is 0 Å². The largest absolute Gasteiger partial charge is 0.393 e. The Hall–Kier alpha value is -0.610. The second-order valence-electron chi connectivity index (χ2n) is 6.67. The first-order valence-electron chi connectivity index (χ1n) is 8.33. The van der Waals surface area contributed by atoms with Gasteiger partial charge in [-0.25, -0.2) is 0 Å². The number of hydrogen-bond donors (Lipinski definition) is 1. The number of amides is 1. The van der Waals surface area contributed by atoms with Gasteiger partial charge in [0, 0.05) is 25.1 Å². The predicted molar refractivity (Wildman–Crippen MR) is 76.2 cm³/mol. The highest BCUT2D eigenvalue weighted by atomic mass is 16.5. The summed E-state index contributed by atoms with van der Waals surface area (Å²) >= 11 is 0. The zero-order valence-electron chi connectivity index (χ0n) is 12.3.